The molecule has 0 aliphatic rings. The first-order valence-corrected chi connectivity index (χ1v) is 8.15. The number of phenols is 1. The number of nitrogens with zero attached hydrogens (tertiary/aromatic N) is 4. The number of aromatic nitrogens is 5. The SMILES string of the molecule is Cc1ccc(O)c(C)c1-n1c(N)c(C(N)=O)c2cnc(-c3cn[nH]c3)nc21. The molecule has 136 valence electrons. The Labute approximate surface area is 153 Å². The highest BCUT2D eigenvalue weighted by Gasteiger charge is 2.24. The molecule has 0 bridgehead atoms. The molecule has 0 aliphatic heterocycles. The first kappa shape index (κ1) is 16.6. The zero-order valence-corrected chi connectivity index (χ0v) is 14.7. The predicted molar refractivity (Wildman–Crippen MR) is 101 cm³/mol. The van der Waals surface area contributed by atoms with Gasteiger partial charge in [0.15, 0.2) is 11.5 Å². The standard InChI is InChI=1S/C18H17N7O2/c1-8-3-4-12(26)9(2)14(8)25-15(19)13(16(20)27)11-7-21-17(24-18(11)25)10-5-22-23-6-10/h3-7,26H,19H2,1-2H3,(H2,20,27)(H,22,23). The van der Waals surface area contributed by atoms with Crippen LogP contribution in [0.25, 0.3) is 28.1 Å². The van der Waals surface area contributed by atoms with Gasteiger partial charge in [-0.05, 0) is 25.5 Å². The van der Waals surface area contributed by atoms with Gasteiger partial charge in [-0.2, -0.15) is 5.10 Å². The molecule has 0 spiro atoms. The third-order valence-corrected chi connectivity index (χ3v) is 4.58. The first-order valence-electron chi connectivity index (χ1n) is 8.15. The molecule has 3 heterocycles. The quantitative estimate of drug-likeness (QED) is 0.436. The molecule has 1 amide bonds. The highest BCUT2D eigenvalue weighted by Crippen LogP contribution is 2.35. The van der Waals surface area contributed by atoms with Crippen molar-refractivity contribution in [3.8, 4) is 22.8 Å². The summed E-state index contributed by atoms with van der Waals surface area (Å²) in [4.78, 5) is 20.9. The minimum atomic E-state index is -0.675. The summed E-state index contributed by atoms with van der Waals surface area (Å²) in [5.41, 5.74) is 15.2. The number of H-pyrrole nitrogens is 1. The average Bonchev–Trinajstić information content (AvgIpc) is 3.25. The number of amides is 1. The molecular weight excluding hydrogens is 346 g/mol. The summed E-state index contributed by atoms with van der Waals surface area (Å²) in [6.45, 7) is 3.65. The Morgan fingerprint density at radius 1 is 1.26 bits per heavy atom. The Hall–Kier alpha value is -3.88. The Bertz CT molecular complexity index is 1190. The molecule has 4 rings (SSSR count). The van der Waals surface area contributed by atoms with Crippen LogP contribution in [0.1, 0.15) is 21.5 Å². The van der Waals surface area contributed by atoms with E-state index >= 15 is 0 Å². The van der Waals surface area contributed by atoms with E-state index in [-0.39, 0.29) is 17.1 Å². The number of carbonyl (C=O) groups is 1. The van der Waals surface area contributed by atoms with Crippen LogP contribution in [0.5, 0.6) is 5.75 Å². The number of hydrogen-bond acceptors (Lipinski definition) is 6. The molecule has 1 aromatic carbocycles. The van der Waals surface area contributed by atoms with Crippen LogP contribution in [-0.2, 0) is 0 Å². The van der Waals surface area contributed by atoms with Crippen LogP contribution in [0.2, 0.25) is 0 Å². The highest BCUT2D eigenvalue weighted by atomic mass is 16.3. The monoisotopic (exact) mass is 363 g/mol. The summed E-state index contributed by atoms with van der Waals surface area (Å²) in [5, 5.41) is 17.2. The minimum absolute atomic E-state index is 0.113. The van der Waals surface area contributed by atoms with Gasteiger partial charge in [0, 0.05) is 18.0 Å². The molecule has 4 aromatic rings. The van der Waals surface area contributed by atoms with Crippen molar-refractivity contribution in [1.82, 2.24) is 24.7 Å². The normalized spacial score (nSPS) is 11.2. The van der Waals surface area contributed by atoms with Gasteiger partial charge in [-0.3, -0.25) is 14.5 Å². The summed E-state index contributed by atoms with van der Waals surface area (Å²) >= 11 is 0. The van der Waals surface area contributed by atoms with Gasteiger partial charge in [0.2, 0.25) is 0 Å². The Morgan fingerprint density at radius 3 is 2.70 bits per heavy atom. The maximum Gasteiger partial charge on any atom is 0.253 e. The van der Waals surface area contributed by atoms with Gasteiger partial charge in [0.25, 0.3) is 5.91 Å². The van der Waals surface area contributed by atoms with E-state index in [1.165, 1.54) is 6.20 Å². The molecule has 27 heavy (non-hydrogen) atoms. The Morgan fingerprint density at radius 2 is 2.04 bits per heavy atom. The number of rotatable bonds is 3. The molecule has 6 N–H and O–H groups in total. The minimum Gasteiger partial charge on any atom is -0.508 e. The van der Waals surface area contributed by atoms with Crippen LogP contribution in [0.3, 0.4) is 0 Å². The summed E-state index contributed by atoms with van der Waals surface area (Å²) < 4.78 is 1.63. The fourth-order valence-corrected chi connectivity index (χ4v) is 3.25. The van der Waals surface area contributed by atoms with Crippen LogP contribution in [0, 0.1) is 13.8 Å². The van der Waals surface area contributed by atoms with Gasteiger partial charge in [0.1, 0.15) is 11.6 Å². The number of nitrogens with one attached hydrogen (secondary N) is 1. The number of primary amides is 1. The van der Waals surface area contributed by atoms with E-state index in [0.717, 1.165) is 5.56 Å². The van der Waals surface area contributed by atoms with Crippen molar-refractivity contribution >= 4 is 22.8 Å². The molecule has 3 aromatic heterocycles. The lowest BCUT2D eigenvalue weighted by molar-refractivity contribution is 0.100. The van der Waals surface area contributed by atoms with Crippen molar-refractivity contribution in [3.05, 3.63) is 47.4 Å². The predicted octanol–water partition coefficient (Wildman–Crippen LogP) is 1.81. The Kier molecular flexibility index (Phi) is 3.58. The first-order chi connectivity index (χ1) is 12.9. The fraction of sp³-hybridized carbons (Fsp3) is 0.111. The van der Waals surface area contributed by atoms with E-state index in [0.29, 0.717) is 33.7 Å². The van der Waals surface area contributed by atoms with Gasteiger partial charge >= 0.3 is 0 Å². The number of nitrogen functional groups attached to an aromatic ring is 1. The van der Waals surface area contributed by atoms with Crippen molar-refractivity contribution in [2.75, 3.05) is 5.73 Å². The number of hydrogen-bond donors (Lipinski definition) is 4. The van der Waals surface area contributed by atoms with E-state index in [2.05, 4.69) is 20.2 Å². The third kappa shape index (κ3) is 2.40. The number of benzene rings is 1. The second-order valence-electron chi connectivity index (χ2n) is 6.25. The lowest BCUT2D eigenvalue weighted by Gasteiger charge is -2.15. The number of aromatic hydroxyl groups is 1. The molecule has 0 saturated heterocycles. The molecular formula is C18H17N7O2. The van der Waals surface area contributed by atoms with Crippen molar-refractivity contribution in [1.29, 1.82) is 0 Å². The number of nitrogens with two attached hydrogens (primary N) is 2. The lowest BCUT2D eigenvalue weighted by Crippen LogP contribution is -2.14. The fourth-order valence-electron chi connectivity index (χ4n) is 3.25. The average molecular weight is 363 g/mol. The van der Waals surface area contributed by atoms with Crippen molar-refractivity contribution in [2.45, 2.75) is 13.8 Å². The molecule has 9 nitrogen and oxygen atoms in total. The molecule has 0 atom stereocenters. The van der Waals surface area contributed by atoms with Crippen molar-refractivity contribution in [3.63, 3.8) is 0 Å². The summed E-state index contributed by atoms with van der Waals surface area (Å²) in [7, 11) is 0. The van der Waals surface area contributed by atoms with Gasteiger partial charge in [-0.1, -0.05) is 6.07 Å². The lowest BCUT2D eigenvalue weighted by atomic mass is 10.1. The summed E-state index contributed by atoms with van der Waals surface area (Å²) in [6.07, 6.45) is 4.78. The molecule has 0 fully saturated rings. The number of aryl methyl sites for hydroxylation is 1. The number of aromatic amines is 1. The summed E-state index contributed by atoms with van der Waals surface area (Å²) in [6, 6.07) is 3.38. The van der Waals surface area contributed by atoms with Crippen LogP contribution >= 0.6 is 0 Å². The largest absolute Gasteiger partial charge is 0.508 e. The third-order valence-electron chi connectivity index (χ3n) is 4.58. The molecule has 0 radical (unpaired) electrons. The van der Waals surface area contributed by atoms with Crippen LogP contribution in [0.15, 0.2) is 30.7 Å². The highest BCUT2D eigenvalue weighted by molar-refractivity contribution is 6.11. The Balaban J connectivity index is 2.14. The number of carbonyl (C=O) groups excluding carboxylic acids is 1. The topological polar surface area (TPSA) is 149 Å². The van der Waals surface area contributed by atoms with Gasteiger partial charge in [-0.25, -0.2) is 9.97 Å². The van der Waals surface area contributed by atoms with Gasteiger partial charge in [-0.15, -0.1) is 0 Å². The van der Waals surface area contributed by atoms with E-state index in [9.17, 15) is 9.90 Å². The van der Waals surface area contributed by atoms with Crippen molar-refractivity contribution < 1.29 is 9.90 Å². The van der Waals surface area contributed by atoms with Crippen molar-refractivity contribution in [2.24, 2.45) is 5.73 Å². The van der Waals surface area contributed by atoms with Crippen LogP contribution in [-0.4, -0.2) is 35.7 Å². The number of phenolic OH excluding ortho intramolecular Hbond substituents is 1. The van der Waals surface area contributed by atoms with E-state index in [4.69, 9.17) is 11.5 Å². The zero-order chi connectivity index (χ0) is 19.3. The summed E-state index contributed by atoms with van der Waals surface area (Å²) in [5.74, 6) is 0.00221. The smallest absolute Gasteiger partial charge is 0.253 e. The zero-order valence-electron chi connectivity index (χ0n) is 14.7. The molecule has 0 saturated carbocycles. The molecule has 0 unspecified atom stereocenters. The molecule has 0 aliphatic carbocycles. The maximum atomic E-state index is 12.0. The van der Waals surface area contributed by atoms with E-state index in [1.54, 1.807) is 36.0 Å². The van der Waals surface area contributed by atoms with Crippen LogP contribution < -0.4 is 11.5 Å². The second-order valence-corrected chi connectivity index (χ2v) is 6.25. The molecule has 9 heteroatoms. The van der Waals surface area contributed by atoms with E-state index < -0.39 is 5.91 Å². The van der Waals surface area contributed by atoms with Crippen LogP contribution in [0.4, 0.5) is 5.82 Å². The van der Waals surface area contributed by atoms with E-state index in [1.807, 2.05) is 6.92 Å². The van der Waals surface area contributed by atoms with Gasteiger partial charge < -0.3 is 16.6 Å². The number of anilines is 1. The van der Waals surface area contributed by atoms with Gasteiger partial charge in [0.05, 0.1) is 28.4 Å². The second kappa shape index (κ2) is 5.84. The maximum absolute atomic E-state index is 12.0. The number of fused-ring (bicyclic) bond motifs is 1.